The largest absolute Gasteiger partial charge is 0.416 e. The van der Waals surface area contributed by atoms with Crippen LogP contribution in [0.2, 0.25) is 0 Å². The van der Waals surface area contributed by atoms with Gasteiger partial charge in [-0.3, -0.25) is 4.79 Å². The predicted octanol–water partition coefficient (Wildman–Crippen LogP) is 5.37. The van der Waals surface area contributed by atoms with E-state index in [-0.39, 0.29) is 22.8 Å². The highest BCUT2D eigenvalue weighted by Gasteiger charge is 2.30. The van der Waals surface area contributed by atoms with E-state index in [0.29, 0.717) is 0 Å². The first-order valence-electron chi connectivity index (χ1n) is 7.89. The van der Waals surface area contributed by atoms with Crippen LogP contribution in [0.25, 0.3) is 0 Å². The number of rotatable bonds is 4. The molecule has 28 heavy (non-hydrogen) atoms. The third-order valence-corrected chi connectivity index (χ3v) is 3.66. The Bertz CT molecular complexity index is 1020. The van der Waals surface area contributed by atoms with Gasteiger partial charge in [-0.15, -0.1) is 0 Å². The summed E-state index contributed by atoms with van der Waals surface area (Å²) in [6.45, 7) is 0. The molecule has 0 aliphatic rings. The van der Waals surface area contributed by atoms with Gasteiger partial charge < -0.3 is 10.6 Å². The molecule has 2 aromatic carbocycles. The quantitative estimate of drug-likeness (QED) is 0.586. The van der Waals surface area contributed by atoms with Crippen molar-refractivity contribution < 1.29 is 26.7 Å². The lowest BCUT2D eigenvalue weighted by Gasteiger charge is -2.11. The Morgan fingerprint density at radius 2 is 1.68 bits per heavy atom. The van der Waals surface area contributed by atoms with E-state index in [1.165, 1.54) is 36.5 Å². The van der Waals surface area contributed by atoms with Crippen LogP contribution in [0, 0.1) is 11.6 Å². The predicted molar refractivity (Wildman–Crippen MR) is 93.3 cm³/mol. The van der Waals surface area contributed by atoms with Gasteiger partial charge in [0.2, 0.25) is 0 Å². The molecule has 3 aromatic rings. The van der Waals surface area contributed by atoms with Gasteiger partial charge in [-0.05, 0) is 42.5 Å². The lowest BCUT2D eigenvalue weighted by molar-refractivity contribution is -0.137. The first-order chi connectivity index (χ1) is 13.2. The summed E-state index contributed by atoms with van der Waals surface area (Å²) in [6, 6.07) is 10.1. The molecule has 0 saturated carbocycles. The van der Waals surface area contributed by atoms with E-state index in [9.17, 15) is 26.7 Å². The summed E-state index contributed by atoms with van der Waals surface area (Å²) in [7, 11) is 0. The van der Waals surface area contributed by atoms with Crippen molar-refractivity contribution in [2.24, 2.45) is 0 Å². The first-order valence-corrected chi connectivity index (χ1v) is 7.89. The minimum atomic E-state index is -4.49. The zero-order chi connectivity index (χ0) is 20.3. The standard InChI is InChI=1S/C19H12F5N3O/c20-15-5-4-14(10-16(15)21)27-18(28)11-6-7-25-17(8-11)26-13-3-1-2-12(9-13)19(22,23)24/h1-10H,(H,25,26)(H,27,28). The Hall–Kier alpha value is -3.49. The second kappa shape index (κ2) is 7.63. The first kappa shape index (κ1) is 19.3. The van der Waals surface area contributed by atoms with Crippen LogP contribution in [0.4, 0.5) is 39.1 Å². The van der Waals surface area contributed by atoms with Crippen molar-refractivity contribution in [3.8, 4) is 0 Å². The van der Waals surface area contributed by atoms with E-state index in [0.717, 1.165) is 24.3 Å². The molecular weight excluding hydrogens is 381 g/mol. The van der Waals surface area contributed by atoms with Crippen LogP contribution in [-0.2, 0) is 6.18 Å². The van der Waals surface area contributed by atoms with Gasteiger partial charge in [-0.1, -0.05) is 6.07 Å². The Kier molecular flexibility index (Phi) is 5.25. The summed E-state index contributed by atoms with van der Waals surface area (Å²) in [5.41, 5.74) is -0.521. The molecule has 9 heteroatoms. The van der Waals surface area contributed by atoms with Crippen LogP contribution in [0.15, 0.2) is 60.8 Å². The Balaban J connectivity index is 1.76. The number of benzene rings is 2. The second-order valence-electron chi connectivity index (χ2n) is 5.72. The maximum atomic E-state index is 13.2. The number of carbonyl (C=O) groups excluding carboxylic acids is 1. The van der Waals surface area contributed by atoms with Crippen molar-refractivity contribution >= 4 is 23.1 Å². The molecule has 4 nitrogen and oxygen atoms in total. The maximum absolute atomic E-state index is 13.2. The van der Waals surface area contributed by atoms with Crippen LogP contribution in [-0.4, -0.2) is 10.9 Å². The third-order valence-electron chi connectivity index (χ3n) is 3.66. The highest BCUT2D eigenvalue weighted by Crippen LogP contribution is 2.31. The van der Waals surface area contributed by atoms with Gasteiger partial charge in [0.05, 0.1) is 5.56 Å². The second-order valence-corrected chi connectivity index (χ2v) is 5.72. The molecule has 0 aliphatic carbocycles. The van der Waals surface area contributed by atoms with Gasteiger partial charge in [0, 0.05) is 29.2 Å². The average molecular weight is 393 g/mol. The number of hydrogen-bond acceptors (Lipinski definition) is 3. The number of nitrogens with one attached hydrogen (secondary N) is 2. The van der Waals surface area contributed by atoms with Gasteiger partial charge in [0.15, 0.2) is 11.6 Å². The summed E-state index contributed by atoms with van der Waals surface area (Å²) in [5, 5.41) is 5.09. The van der Waals surface area contributed by atoms with Gasteiger partial charge >= 0.3 is 6.18 Å². The summed E-state index contributed by atoms with van der Waals surface area (Å²) in [6.07, 6.45) is -3.20. The molecule has 0 saturated heterocycles. The number of amides is 1. The van der Waals surface area contributed by atoms with E-state index >= 15 is 0 Å². The number of anilines is 3. The number of alkyl halides is 3. The van der Waals surface area contributed by atoms with Crippen molar-refractivity contribution in [1.29, 1.82) is 0 Å². The number of hydrogen-bond donors (Lipinski definition) is 2. The lowest BCUT2D eigenvalue weighted by Crippen LogP contribution is -2.12. The van der Waals surface area contributed by atoms with Gasteiger partial charge in [0.25, 0.3) is 5.91 Å². The summed E-state index contributed by atoms with van der Waals surface area (Å²) in [4.78, 5) is 16.2. The molecule has 0 radical (unpaired) electrons. The number of pyridine rings is 1. The summed E-state index contributed by atoms with van der Waals surface area (Å²) in [5.74, 6) is -2.65. The minimum absolute atomic E-state index is 0.0492. The molecule has 0 atom stereocenters. The molecule has 1 heterocycles. The number of carbonyl (C=O) groups is 1. The van der Waals surface area contributed by atoms with E-state index in [1.807, 2.05) is 0 Å². The zero-order valence-electron chi connectivity index (χ0n) is 14.0. The molecule has 1 amide bonds. The number of nitrogens with zero attached hydrogens (tertiary/aromatic N) is 1. The van der Waals surface area contributed by atoms with Crippen LogP contribution in [0.1, 0.15) is 15.9 Å². The van der Waals surface area contributed by atoms with Crippen LogP contribution in [0.5, 0.6) is 0 Å². The Morgan fingerprint density at radius 1 is 0.893 bits per heavy atom. The fourth-order valence-corrected chi connectivity index (χ4v) is 2.34. The summed E-state index contributed by atoms with van der Waals surface area (Å²) < 4.78 is 64.5. The normalized spacial score (nSPS) is 11.2. The molecule has 1 aromatic heterocycles. The Morgan fingerprint density at radius 3 is 2.39 bits per heavy atom. The highest BCUT2D eigenvalue weighted by molar-refractivity contribution is 6.04. The fraction of sp³-hybridized carbons (Fsp3) is 0.0526. The topological polar surface area (TPSA) is 54.0 Å². The van der Waals surface area contributed by atoms with Crippen molar-refractivity contribution in [3.05, 3.63) is 83.6 Å². The van der Waals surface area contributed by atoms with Crippen LogP contribution >= 0.6 is 0 Å². The minimum Gasteiger partial charge on any atom is -0.340 e. The van der Waals surface area contributed by atoms with Crippen molar-refractivity contribution in [3.63, 3.8) is 0 Å². The van der Waals surface area contributed by atoms with E-state index < -0.39 is 29.3 Å². The highest BCUT2D eigenvalue weighted by atomic mass is 19.4. The summed E-state index contributed by atoms with van der Waals surface area (Å²) >= 11 is 0. The molecule has 0 unspecified atom stereocenters. The van der Waals surface area contributed by atoms with Gasteiger partial charge in [-0.25, -0.2) is 13.8 Å². The molecule has 0 bridgehead atoms. The SMILES string of the molecule is O=C(Nc1ccc(F)c(F)c1)c1ccnc(Nc2cccc(C(F)(F)F)c2)c1. The molecular formula is C19H12F5N3O. The molecule has 2 N–H and O–H groups in total. The molecule has 0 aliphatic heterocycles. The number of halogens is 5. The van der Waals surface area contributed by atoms with Crippen LogP contribution < -0.4 is 10.6 Å². The molecule has 0 spiro atoms. The molecule has 144 valence electrons. The lowest BCUT2D eigenvalue weighted by atomic mass is 10.2. The molecule has 3 rings (SSSR count). The van der Waals surface area contributed by atoms with Crippen molar-refractivity contribution in [2.75, 3.05) is 10.6 Å². The Labute approximate surface area is 156 Å². The third kappa shape index (κ3) is 4.61. The van der Waals surface area contributed by atoms with E-state index in [2.05, 4.69) is 15.6 Å². The van der Waals surface area contributed by atoms with Gasteiger partial charge in [-0.2, -0.15) is 13.2 Å². The zero-order valence-corrected chi connectivity index (χ0v) is 14.0. The number of aromatic nitrogens is 1. The van der Waals surface area contributed by atoms with E-state index in [4.69, 9.17) is 0 Å². The van der Waals surface area contributed by atoms with E-state index in [1.54, 1.807) is 0 Å². The maximum Gasteiger partial charge on any atom is 0.416 e. The van der Waals surface area contributed by atoms with Gasteiger partial charge in [0.1, 0.15) is 5.82 Å². The van der Waals surface area contributed by atoms with Crippen molar-refractivity contribution in [1.82, 2.24) is 4.98 Å². The molecule has 0 fully saturated rings. The average Bonchev–Trinajstić information content (AvgIpc) is 2.64. The van der Waals surface area contributed by atoms with Crippen molar-refractivity contribution in [2.45, 2.75) is 6.18 Å². The fourth-order valence-electron chi connectivity index (χ4n) is 2.34. The monoisotopic (exact) mass is 393 g/mol. The smallest absolute Gasteiger partial charge is 0.340 e. The van der Waals surface area contributed by atoms with Crippen LogP contribution in [0.3, 0.4) is 0 Å².